The number of benzene rings is 2. The fourth-order valence-electron chi connectivity index (χ4n) is 4.40. The molecule has 3 heterocycles. The summed E-state index contributed by atoms with van der Waals surface area (Å²) in [6, 6.07) is 16.1. The highest BCUT2D eigenvalue weighted by molar-refractivity contribution is 6.33. The van der Waals surface area contributed by atoms with E-state index in [1.807, 2.05) is 47.5 Å². The van der Waals surface area contributed by atoms with Gasteiger partial charge in [0.15, 0.2) is 0 Å². The Morgan fingerprint density at radius 1 is 1.09 bits per heavy atom. The summed E-state index contributed by atoms with van der Waals surface area (Å²) < 4.78 is 5.48. The molecule has 1 aliphatic rings. The monoisotopic (exact) mass is 491 g/mol. The summed E-state index contributed by atoms with van der Waals surface area (Å²) in [5.74, 6) is 0.321. The number of nitro groups is 1. The number of nitrogens with one attached hydrogen (secondary N) is 1. The molecule has 10 heteroatoms. The Kier molecular flexibility index (Phi) is 6.00. The first kappa shape index (κ1) is 22.7. The van der Waals surface area contributed by atoms with Crippen LogP contribution in [0.25, 0.3) is 22.5 Å². The van der Waals surface area contributed by atoms with Crippen LogP contribution in [0.4, 0.5) is 11.4 Å². The number of piperazine rings is 1. The number of rotatable bonds is 5. The molecule has 1 aliphatic heterocycles. The third-order valence-electron chi connectivity index (χ3n) is 6.20. The molecular formula is C25H22ClN5O4. The number of anilines is 1. The zero-order valence-corrected chi connectivity index (χ0v) is 19.7. The third-order valence-corrected chi connectivity index (χ3v) is 6.50. The van der Waals surface area contributed by atoms with Crippen molar-refractivity contribution in [2.75, 3.05) is 31.1 Å². The smallest absolute Gasteiger partial charge is 0.271 e. The summed E-state index contributed by atoms with van der Waals surface area (Å²) in [5, 5.41) is 15.6. The van der Waals surface area contributed by atoms with Crippen LogP contribution in [0.3, 0.4) is 0 Å². The van der Waals surface area contributed by atoms with Crippen molar-refractivity contribution in [1.29, 1.82) is 0 Å². The minimum absolute atomic E-state index is 0.0531. The molecule has 35 heavy (non-hydrogen) atoms. The second-order valence-electron chi connectivity index (χ2n) is 8.26. The molecule has 178 valence electrons. The number of aromatic amines is 1. The van der Waals surface area contributed by atoms with Gasteiger partial charge in [-0.3, -0.25) is 14.9 Å². The van der Waals surface area contributed by atoms with E-state index in [1.165, 1.54) is 12.1 Å². The standard InChI is InChI=1S/C25H22ClN5O4/c1-16-23(24(28-35-16)19-6-3-2-5-18(19)21-7-4-10-27-21)25(32)30-13-11-29(12-14-30)22-9-8-17(31(33)34)15-20(22)26/h2-10,15,27H,11-14H2,1H3. The van der Waals surface area contributed by atoms with Crippen LogP contribution < -0.4 is 4.90 Å². The topological polar surface area (TPSA) is 109 Å². The van der Waals surface area contributed by atoms with Crippen LogP contribution >= 0.6 is 11.6 Å². The average molecular weight is 492 g/mol. The number of halogens is 1. The van der Waals surface area contributed by atoms with Crippen molar-refractivity contribution >= 4 is 28.9 Å². The fraction of sp³-hybridized carbons (Fsp3) is 0.200. The minimum Gasteiger partial charge on any atom is -0.367 e. The van der Waals surface area contributed by atoms with E-state index >= 15 is 0 Å². The Hall–Kier alpha value is -4.11. The second-order valence-corrected chi connectivity index (χ2v) is 8.67. The second kappa shape index (κ2) is 9.27. The lowest BCUT2D eigenvalue weighted by Crippen LogP contribution is -2.49. The minimum atomic E-state index is -0.473. The number of aryl methyl sites for hydroxylation is 1. The molecule has 1 saturated heterocycles. The Morgan fingerprint density at radius 2 is 1.83 bits per heavy atom. The average Bonchev–Trinajstić information content (AvgIpc) is 3.54. The van der Waals surface area contributed by atoms with Gasteiger partial charge >= 0.3 is 0 Å². The summed E-state index contributed by atoms with van der Waals surface area (Å²) in [4.78, 5) is 31.1. The number of hydrogen-bond donors (Lipinski definition) is 1. The number of nitro benzene ring substituents is 1. The predicted molar refractivity (Wildman–Crippen MR) is 133 cm³/mol. The number of aromatic nitrogens is 2. The van der Waals surface area contributed by atoms with E-state index in [-0.39, 0.29) is 11.6 Å². The zero-order valence-electron chi connectivity index (χ0n) is 18.9. The van der Waals surface area contributed by atoms with Gasteiger partial charge in [-0.25, -0.2) is 0 Å². The number of carbonyl (C=O) groups is 1. The van der Waals surface area contributed by atoms with Crippen LogP contribution in [0.2, 0.25) is 5.02 Å². The summed E-state index contributed by atoms with van der Waals surface area (Å²) in [6.07, 6.45) is 1.85. The number of amides is 1. The zero-order chi connectivity index (χ0) is 24.5. The van der Waals surface area contributed by atoms with Crippen LogP contribution in [0.15, 0.2) is 65.3 Å². The number of non-ortho nitro benzene ring substituents is 1. The number of hydrogen-bond acceptors (Lipinski definition) is 6. The Labute approximate surface area is 206 Å². The maximum absolute atomic E-state index is 13.6. The largest absolute Gasteiger partial charge is 0.367 e. The molecule has 0 spiro atoms. The van der Waals surface area contributed by atoms with Gasteiger partial charge in [-0.05, 0) is 25.1 Å². The van der Waals surface area contributed by atoms with E-state index in [1.54, 1.807) is 17.9 Å². The Bertz CT molecular complexity index is 1390. The fourth-order valence-corrected chi connectivity index (χ4v) is 4.70. The van der Waals surface area contributed by atoms with Crippen molar-refractivity contribution in [2.45, 2.75) is 6.92 Å². The van der Waals surface area contributed by atoms with Gasteiger partial charge in [-0.2, -0.15) is 0 Å². The molecule has 0 unspecified atom stereocenters. The Balaban J connectivity index is 1.38. The molecule has 9 nitrogen and oxygen atoms in total. The lowest BCUT2D eigenvalue weighted by molar-refractivity contribution is -0.384. The summed E-state index contributed by atoms with van der Waals surface area (Å²) in [5.41, 5.74) is 4.29. The van der Waals surface area contributed by atoms with Crippen molar-refractivity contribution in [3.05, 3.63) is 87.3 Å². The van der Waals surface area contributed by atoms with Gasteiger partial charge in [0.2, 0.25) is 0 Å². The number of nitrogens with zero attached hydrogens (tertiary/aromatic N) is 4. The van der Waals surface area contributed by atoms with Crippen LogP contribution in [0.1, 0.15) is 16.1 Å². The molecule has 1 fully saturated rings. The lowest BCUT2D eigenvalue weighted by atomic mass is 9.98. The molecule has 0 bridgehead atoms. The van der Waals surface area contributed by atoms with Crippen molar-refractivity contribution in [3.63, 3.8) is 0 Å². The van der Waals surface area contributed by atoms with Crippen LogP contribution in [0, 0.1) is 17.0 Å². The quantitative estimate of drug-likeness (QED) is 0.305. The SMILES string of the molecule is Cc1onc(-c2ccccc2-c2ccc[nH]2)c1C(=O)N1CCN(c2ccc([N+](=O)[O-])cc2Cl)CC1. The first-order valence-corrected chi connectivity index (χ1v) is 11.5. The highest BCUT2D eigenvalue weighted by atomic mass is 35.5. The van der Waals surface area contributed by atoms with E-state index in [9.17, 15) is 14.9 Å². The van der Waals surface area contributed by atoms with E-state index in [2.05, 4.69) is 10.1 Å². The maximum Gasteiger partial charge on any atom is 0.271 e. The maximum atomic E-state index is 13.6. The van der Waals surface area contributed by atoms with E-state index in [0.717, 1.165) is 16.8 Å². The van der Waals surface area contributed by atoms with Crippen LogP contribution in [-0.4, -0.2) is 52.1 Å². The number of H-pyrrole nitrogens is 1. The lowest BCUT2D eigenvalue weighted by Gasteiger charge is -2.36. The van der Waals surface area contributed by atoms with Gasteiger partial charge in [0.05, 0.1) is 15.6 Å². The molecule has 5 rings (SSSR count). The first-order valence-electron chi connectivity index (χ1n) is 11.1. The molecule has 2 aromatic carbocycles. The van der Waals surface area contributed by atoms with Crippen molar-refractivity contribution < 1.29 is 14.2 Å². The molecule has 0 atom stereocenters. The Morgan fingerprint density at radius 3 is 2.49 bits per heavy atom. The summed E-state index contributed by atoms with van der Waals surface area (Å²) in [7, 11) is 0. The molecule has 4 aromatic rings. The van der Waals surface area contributed by atoms with Gasteiger partial charge in [0, 0.05) is 61.3 Å². The molecule has 1 amide bonds. The molecule has 0 aliphatic carbocycles. The van der Waals surface area contributed by atoms with Crippen LogP contribution in [-0.2, 0) is 0 Å². The van der Waals surface area contributed by atoms with Gasteiger partial charge < -0.3 is 19.3 Å². The third kappa shape index (κ3) is 4.26. The van der Waals surface area contributed by atoms with E-state index in [4.69, 9.17) is 16.1 Å². The highest BCUT2D eigenvalue weighted by Gasteiger charge is 2.30. The van der Waals surface area contributed by atoms with Crippen LogP contribution in [0.5, 0.6) is 0 Å². The highest BCUT2D eigenvalue weighted by Crippen LogP contribution is 2.35. The van der Waals surface area contributed by atoms with Crippen molar-refractivity contribution in [3.8, 4) is 22.5 Å². The van der Waals surface area contributed by atoms with Crippen molar-refractivity contribution in [2.24, 2.45) is 0 Å². The predicted octanol–water partition coefficient (Wildman–Crippen LogP) is 5.17. The van der Waals surface area contributed by atoms with Gasteiger partial charge in [0.25, 0.3) is 11.6 Å². The van der Waals surface area contributed by atoms with Gasteiger partial charge in [-0.1, -0.05) is 41.0 Å². The molecule has 2 aromatic heterocycles. The molecule has 0 saturated carbocycles. The van der Waals surface area contributed by atoms with Crippen molar-refractivity contribution in [1.82, 2.24) is 15.0 Å². The number of carbonyl (C=O) groups excluding carboxylic acids is 1. The summed E-state index contributed by atoms with van der Waals surface area (Å²) >= 11 is 6.30. The normalized spacial score (nSPS) is 13.8. The van der Waals surface area contributed by atoms with Gasteiger partial charge in [0.1, 0.15) is 17.0 Å². The molecular weight excluding hydrogens is 470 g/mol. The first-order chi connectivity index (χ1) is 16.9. The molecule has 1 N–H and O–H groups in total. The van der Waals surface area contributed by atoms with E-state index < -0.39 is 4.92 Å². The van der Waals surface area contributed by atoms with Gasteiger partial charge in [-0.15, -0.1) is 0 Å². The molecule has 0 radical (unpaired) electrons. The summed E-state index contributed by atoms with van der Waals surface area (Å²) in [6.45, 7) is 3.76. The van der Waals surface area contributed by atoms with E-state index in [0.29, 0.717) is 53.9 Å².